The van der Waals surface area contributed by atoms with Crippen molar-refractivity contribution in [2.75, 3.05) is 13.1 Å². The lowest BCUT2D eigenvalue weighted by Crippen LogP contribution is -2.42. The maximum atomic E-state index is 13.7. The molecule has 0 bridgehead atoms. The molecule has 0 unspecified atom stereocenters. The number of hydrogen-bond acceptors (Lipinski definition) is 2. The van der Waals surface area contributed by atoms with Gasteiger partial charge < -0.3 is 16.0 Å². The van der Waals surface area contributed by atoms with Gasteiger partial charge in [-0.25, -0.2) is 9.18 Å². The number of amides is 2. The maximum absolute atomic E-state index is 13.7. The van der Waals surface area contributed by atoms with Crippen LogP contribution in [0.2, 0.25) is 0 Å². The van der Waals surface area contributed by atoms with Gasteiger partial charge >= 0.3 is 6.03 Å². The van der Waals surface area contributed by atoms with Crippen LogP contribution in [0.5, 0.6) is 0 Å². The first kappa shape index (κ1) is 13.8. The van der Waals surface area contributed by atoms with E-state index in [0.29, 0.717) is 12.1 Å². The van der Waals surface area contributed by atoms with Crippen molar-refractivity contribution in [2.24, 2.45) is 5.73 Å². The summed E-state index contributed by atoms with van der Waals surface area (Å²) < 4.78 is 13.7. The number of likely N-dealkylation sites (tertiary alicyclic amines) is 1. The third-order valence-corrected chi connectivity index (χ3v) is 3.43. The number of nitrogens with one attached hydrogen (secondary N) is 1. The number of nitrogens with zero attached hydrogens (tertiary/aromatic N) is 1. The van der Waals surface area contributed by atoms with Gasteiger partial charge in [0.05, 0.1) is 0 Å². The number of piperidine rings is 1. The van der Waals surface area contributed by atoms with Crippen LogP contribution in [0.15, 0.2) is 18.2 Å². The highest BCUT2D eigenvalue weighted by atomic mass is 19.1. The highest BCUT2D eigenvalue weighted by Gasteiger charge is 2.16. The van der Waals surface area contributed by atoms with E-state index in [-0.39, 0.29) is 18.4 Å². The minimum absolute atomic E-state index is 0.109. The van der Waals surface area contributed by atoms with E-state index >= 15 is 0 Å². The number of benzene rings is 1. The van der Waals surface area contributed by atoms with Gasteiger partial charge in [-0.2, -0.15) is 0 Å². The number of carbonyl (C=O) groups excluding carboxylic acids is 1. The highest BCUT2D eigenvalue weighted by molar-refractivity contribution is 5.74. The van der Waals surface area contributed by atoms with Crippen molar-refractivity contribution < 1.29 is 9.18 Å². The van der Waals surface area contributed by atoms with Gasteiger partial charge in [-0.1, -0.05) is 12.1 Å². The summed E-state index contributed by atoms with van der Waals surface area (Å²) in [7, 11) is 0. The first-order chi connectivity index (χ1) is 9.20. The molecule has 1 aromatic rings. The summed E-state index contributed by atoms with van der Waals surface area (Å²) in [6.07, 6.45) is 3.28. The van der Waals surface area contributed by atoms with Crippen molar-refractivity contribution in [3.63, 3.8) is 0 Å². The van der Waals surface area contributed by atoms with Gasteiger partial charge in [0.1, 0.15) is 5.82 Å². The van der Waals surface area contributed by atoms with Crippen LogP contribution in [0.3, 0.4) is 0 Å². The Balaban J connectivity index is 1.89. The van der Waals surface area contributed by atoms with E-state index in [2.05, 4.69) is 5.32 Å². The van der Waals surface area contributed by atoms with Crippen LogP contribution in [0, 0.1) is 5.82 Å². The molecule has 0 radical (unpaired) electrons. The van der Waals surface area contributed by atoms with Crippen LogP contribution in [0.4, 0.5) is 9.18 Å². The smallest absolute Gasteiger partial charge is 0.317 e. The number of hydrogen-bond donors (Lipinski definition) is 2. The van der Waals surface area contributed by atoms with Gasteiger partial charge in [0.2, 0.25) is 0 Å². The van der Waals surface area contributed by atoms with E-state index in [4.69, 9.17) is 5.73 Å². The summed E-state index contributed by atoms with van der Waals surface area (Å²) in [5.74, 6) is -0.318. The fourth-order valence-electron chi connectivity index (χ4n) is 2.24. The van der Waals surface area contributed by atoms with E-state index < -0.39 is 0 Å². The minimum Gasteiger partial charge on any atom is -0.334 e. The standard InChI is InChI=1S/C14H20FN3O/c15-13-8-11(9-16)4-5-12(13)10-17-14(19)18-6-2-1-3-7-18/h4-5,8H,1-3,6-7,9-10,16H2,(H,17,19). The monoisotopic (exact) mass is 265 g/mol. The van der Waals surface area contributed by atoms with E-state index in [1.165, 1.54) is 12.5 Å². The number of urea groups is 1. The number of carbonyl (C=O) groups is 1. The zero-order valence-electron chi connectivity index (χ0n) is 11.0. The first-order valence-corrected chi connectivity index (χ1v) is 6.71. The average molecular weight is 265 g/mol. The Morgan fingerprint density at radius 3 is 2.68 bits per heavy atom. The second-order valence-electron chi connectivity index (χ2n) is 4.84. The summed E-state index contributed by atoms with van der Waals surface area (Å²) in [5.41, 5.74) is 6.69. The molecule has 0 spiro atoms. The molecule has 0 saturated carbocycles. The van der Waals surface area contributed by atoms with Gasteiger partial charge in [0.15, 0.2) is 0 Å². The second kappa shape index (κ2) is 6.52. The molecule has 19 heavy (non-hydrogen) atoms. The lowest BCUT2D eigenvalue weighted by Gasteiger charge is -2.26. The SMILES string of the molecule is NCc1ccc(CNC(=O)N2CCCCC2)c(F)c1. The Hall–Kier alpha value is -1.62. The Morgan fingerprint density at radius 2 is 2.05 bits per heavy atom. The number of rotatable bonds is 3. The van der Waals surface area contributed by atoms with E-state index in [1.54, 1.807) is 17.0 Å². The van der Waals surface area contributed by atoms with Crippen LogP contribution >= 0.6 is 0 Å². The molecule has 5 heteroatoms. The molecule has 1 heterocycles. The summed E-state index contributed by atoms with van der Waals surface area (Å²) in [5, 5.41) is 2.76. The Morgan fingerprint density at radius 1 is 1.32 bits per heavy atom. The van der Waals surface area contributed by atoms with Crippen molar-refractivity contribution in [1.82, 2.24) is 10.2 Å². The third-order valence-electron chi connectivity index (χ3n) is 3.43. The summed E-state index contributed by atoms with van der Waals surface area (Å²) in [4.78, 5) is 13.7. The second-order valence-corrected chi connectivity index (χ2v) is 4.84. The van der Waals surface area contributed by atoms with Crippen LogP contribution in [0.1, 0.15) is 30.4 Å². The average Bonchev–Trinajstić information content (AvgIpc) is 2.46. The van der Waals surface area contributed by atoms with Crippen molar-refractivity contribution in [2.45, 2.75) is 32.4 Å². The Bertz CT molecular complexity index is 444. The zero-order valence-corrected chi connectivity index (χ0v) is 11.0. The molecule has 104 valence electrons. The summed E-state index contributed by atoms with van der Waals surface area (Å²) in [6, 6.07) is 4.77. The predicted molar refractivity (Wildman–Crippen MR) is 72.0 cm³/mol. The molecular formula is C14H20FN3O. The maximum Gasteiger partial charge on any atom is 0.317 e. The molecule has 0 aliphatic carbocycles. The molecule has 1 aliphatic heterocycles. The van der Waals surface area contributed by atoms with Crippen LogP contribution in [-0.2, 0) is 13.1 Å². The van der Waals surface area contributed by atoms with Gasteiger partial charge in [-0.3, -0.25) is 0 Å². The van der Waals surface area contributed by atoms with Crippen molar-refractivity contribution in [1.29, 1.82) is 0 Å². The van der Waals surface area contributed by atoms with Gasteiger partial charge in [0.25, 0.3) is 0 Å². The molecule has 1 fully saturated rings. The van der Waals surface area contributed by atoms with Crippen LogP contribution in [-0.4, -0.2) is 24.0 Å². The molecule has 2 amide bonds. The zero-order chi connectivity index (χ0) is 13.7. The van der Waals surface area contributed by atoms with E-state index in [1.807, 2.05) is 0 Å². The number of nitrogens with two attached hydrogens (primary N) is 1. The summed E-state index contributed by atoms with van der Waals surface area (Å²) >= 11 is 0. The molecule has 1 aromatic carbocycles. The Kier molecular flexibility index (Phi) is 4.74. The number of halogens is 1. The first-order valence-electron chi connectivity index (χ1n) is 6.71. The normalized spacial score (nSPS) is 15.4. The largest absolute Gasteiger partial charge is 0.334 e. The molecule has 3 N–H and O–H groups in total. The predicted octanol–water partition coefficient (Wildman–Crippen LogP) is 1.98. The topological polar surface area (TPSA) is 58.4 Å². The fraction of sp³-hybridized carbons (Fsp3) is 0.500. The molecule has 1 aliphatic rings. The lowest BCUT2D eigenvalue weighted by atomic mass is 10.1. The fourth-order valence-corrected chi connectivity index (χ4v) is 2.24. The van der Waals surface area contributed by atoms with Gasteiger partial charge in [-0.15, -0.1) is 0 Å². The van der Waals surface area contributed by atoms with Crippen molar-refractivity contribution >= 4 is 6.03 Å². The van der Waals surface area contributed by atoms with Crippen LogP contribution < -0.4 is 11.1 Å². The third kappa shape index (κ3) is 3.67. The Labute approximate surface area is 112 Å². The highest BCUT2D eigenvalue weighted by Crippen LogP contribution is 2.11. The molecule has 2 rings (SSSR count). The van der Waals surface area contributed by atoms with Crippen molar-refractivity contribution in [3.05, 3.63) is 35.1 Å². The van der Waals surface area contributed by atoms with Crippen molar-refractivity contribution in [3.8, 4) is 0 Å². The van der Waals surface area contributed by atoms with E-state index in [9.17, 15) is 9.18 Å². The molecular weight excluding hydrogens is 245 g/mol. The quantitative estimate of drug-likeness (QED) is 0.878. The lowest BCUT2D eigenvalue weighted by molar-refractivity contribution is 0.186. The molecule has 1 saturated heterocycles. The summed E-state index contributed by atoms with van der Waals surface area (Å²) in [6.45, 7) is 2.12. The molecule has 0 aromatic heterocycles. The molecule has 0 atom stereocenters. The molecule has 4 nitrogen and oxygen atoms in total. The minimum atomic E-state index is -0.318. The van der Waals surface area contributed by atoms with Gasteiger partial charge in [0, 0.05) is 31.7 Å². The van der Waals surface area contributed by atoms with Crippen LogP contribution in [0.25, 0.3) is 0 Å². The van der Waals surface area contributed by atoms with E-state index in [0.717, 1.165) is 31.5 Å². The van der Waals surface area contributed by atoms with Gasteiger partial charge in [-0.05, 0) is 30.9 Å².